The standard InChI is InChI=1S/C16H24FN3O3S/c1-12-5-9-20(10-6-12)24(22,23)19-8-7-18-16(21)14-4-3-13(2)15(17)11-14/h3-4,11-12,19H,5-10H2,1-2H3,(H,18,21). The van der Waals surface area contributed by atoms with Gasteiger partial charge in [-0.3, -0.25) is 4.79 Å². The van der Waals surface area contributed by atoms with E-state index in [4.69, 9.17) is 0 Å². The number of nitrogens with one attached hydrogen (secondary N) is 2. The molecule has 0 aromatic heterocycles. The molecule has 2 N–H and O–H groups in total. The molecule has 0 aliphatic carbocycles. The van der Waals surface area contributed by atoms with E-state index in [2.05, 4.69) is 17.0 Å². The monoisotopic (exact) mass is 357 g/mol. The maximum Gasteiger partial charge on any atom is 0.279 e. The van der Waals surface area contributed by atoms with E-state index in [1.54, 1.807) is 6.92 Å². The first kappa shape index (κ1) is 18.8. The minimum atomic E-state index is -3.51. The summed E-state index contributed by atoms with van der Waals surface area (Å²) in [6.45, 7) is 5.00. The summed E-state index contributed by atoms with van der Waals surface area (Å²) in [5, 5.41) is 2.58. The van der Waals surface area contributed by atoms with Crippen molar-refractivity contribution in [2.24, 2.45) is 5.92 Å². The zero-order valence-corrected chi connectivity index (χ0v) is 14.8. The Hall–Kier alpha value is -1.51. The molecule has 1 saturated heterocycles. The molecule has 6 nitrogen and oxygen atoms in total. The molecule has 1 aliphatic rings. The van der Waals surface area contributed by atoms with Gasteiger partial charge in [0.15, 0.2) is 0 Å². The molecule has 1 fully saturated rings. The van der Waals surface area contributed by atoms with E-state index in [-0.39, 0.29) is 18.7 Å². The first-order chi connectivity index (χ1) is 11.3. The van der Waals surface area contributed by atoms with Crippen molar-refractivity contribution < 1.29 is 17.6 Å². The van der Waals surface area contributed by atoms with E-state index in [0.29, 0.717) is 24.6 Å². The summed E-state index contributed by atoms with van der Waals surface area (Å²) in [4.78, 5) is 11.9. The Morgan fingerprint density at radius 3 is 2.58 bits per heavy atom. The number of hydrogen-bond donors (Lipinski definition) is 2. The van der Waals surface area contributed by atoms with Gasteiger partial charge in [-0.2, -0.15) is 12.7 Å². The van der Waals surface area contributed by atoms with Crippen LogP contribution in [-0.4, -0.2) is 44.8 Å². The van der Waals surface area contributed by atoms with Gasteiger partial charge in [-0.1, -0.05) is 13.0 Å². The van der Waals surface area contributed by atoms with Crippen LogP contribution in [0, 0.1) is 18.7 Å². The third-order valence-corrected chi connectivity index (χ3v) is 5.83. The Balaban J connectivity index is 1.77. The summed E-state index contributed by atoms with van der Waals surface area (Å²) in [6, 6.07) is 4.24. The van der Waals surface area contributed by atoms with Crippen LogP contribution in [0.15, 0.2) is 18.2 Å². The van der Waals surface area contributed by atoms with Gasteiger partial charge in [0.1, 0.15) is 5.82 Å². The van der Waals surface area contributed by atoms with E-state index in [0.717, 1.165) is 12.8 Å². The molecule has 1 aromatic rings. The number of rotatable bonds is 6. The fraction of sp³-hybridized carbons (Fsp3) is 0.562. The maximum absolute atomic E-state index is 13.4. The minimum absolute atomic E-state index is 0.0917. The molecule has 0 unspecified atom stereocenters. The minimum Gasteiger partial charge on any atom is -0.351 e. The second kappa shape index (κ2) is 8.04. The van der Waals surface area contributed by atoms with E-state index >= 15 is 0 Å². The van der Waals surface area contributed by atoms with E-state index < -0.39 is 21.9 Å². The molecule has 1 amide bonds. The lowest BCUT2D eigenvalue weighted by molar-refractivity contribution is 0.0953. The van der Waals surface area contributed by atoms with Crippen LogP contribution in [0.3, 0.4) is 0 Å². The predicted octanol–water partition coefficient (Wildman–Crippen LogP) is 1.43. The van der Waals surface area contributed by atoms with Gasteiger partial charge in [-0.25, -0.2) is 9.11 Å². The normalized spacial score (nSPS) is 17.0. The smallest absolute Gasteiger partial charge is 0.279 e. The van der Waals surface area contributed by atoms with Gasteiger partial charge in [0, 0.05) is 31.7 Å². The molecule has 1 heterocycles. The van der Waals surface area contributed by atoms with Crippen molar-refractivity contribution in [2.45, 2.75) is 26.7 Å². The fourth-order valence-corrected chi connectivity index (χ4v) is 3.74. The molecule has 0 atom stereocenters. The zero-order valence-electron chi connectivity index (χ0n) is 14.0. The molecule has 0 bridgehead atoms. The van der Waals surface area contributed by atoms with Gasteiger partial charge in [-0.15, -0.1) is 0 Å². The number of carbonyl (C=O) groups excluding carboxylic acids is 1. The molecule has 1 aromatic carbocycles. The number of carbonyl (C=O) groups is 1. The SMILES string of the molecule is Cc1ccc(C(=O)NCCNS(=O)(=O)N2CCC(C)CC2)cc1F. The summed E-state index contributed by atoms with van der Waals surface area (Å²) in [5.74, 6) is -0.326. The highest BCUT2D eigenvalue weighted by Crippen LogP contribution is 2.17. The molecular formula is C16H24FN3O3S. The van der Waals surface area contributed by atoms with Gasteiger partial charge in [-0.05, 0) is 43.4 Å². The number of amides is 1. The molecule has 0 spiro atoms. The first-order valence-electron chi connectivity index (χ1n) is 8.08. The first-order valence-corrected chi connectivity index (χ1v) is 9.52. The van der Waals surface area contributed by atoms with Crippen LogP contribution >= 0.6 is 0 Å². The van der Waals surface area contributed by atoms with Crippen LogP contribution in [0.5, 0.6) is 0 Å². The maximum atomic E-state index is 13.4. The molecule has 8 heteroatoms. The molecule has 0 radical (unpaired) electrons. The molecular weight excluding hydrogens is 333 g/mol. The number of hydrogen-bond acceptors (Lipinski definition) is 3. The van der Waals surface area contributed by atoms with Gasteiger partial charge in [0.05, 0.1) is 0 Å². The molecule has 24 heavy (non-hydrogen) atoms. The summed E-state index contributed by atoms with van der Waals surface area (Å²) in [6.07, 6.45) is 1.72. The summed E-state index contributed by atoms with van der Waals surface area (Å²) in [7, 11) is -3.51. The van der Waals surface area contributed by atoms with Gasteiger partial charge < -0.3 is 5.32 Å². The summed E-state index contributed by atoms with van der Waals surface area (Å²) >= 11 is 0. The number of halogens is 1. The third-order valence-electron chi connectivity index (χ3n) is 4.21. The van der Waals surface area contributed by atoms with Gasteiger partial charge in [0.2, 0.25) is 0 Å². The highest BCUT2D eigenvalue weighted by atomic mass is 32.2. The molecule has 134 valence electrons. The van der Waals surface area contributed by atoms with Crippen molar-refractivity contribution in [3.8, 4) is 0 Å². The van der Waals surface area contributed by atoms with Crippen molar-refractivity contribution in [1.29, 1.82) is 0 Å². The van der Waals surface area contributed by atoms with Crippen LogP contribution in [0.25, 0.3) is 0 Å². The number of piperidine rings is 1. The Kier molecular flexibility index (Phi) is 6.31. The summed E-state index contributed by atoms with van der Waals surface area (Å²) in [5.41, 5.74) is 0.682. The Morgan fingerprint density at radius 2 is 1.96 bits per heavy atom. The number of benzene rings is 1. The number of aryl methyl sites for hydroxylation is 1. The molecule has 2 rings (SSSR count). The van der Waals surface area contributed by atoms with Crippen LogP contribution < -0.4 is 10.0 Å². The van der Waals surface area contributed by atoms with Crippen LogP contribution in [0.1, 0.15) is 35.7 Å². The van der Waals surface area contributed by atoms with Crippen LogP contribution in [-0.2, 0) is 10.2 Å². The highest BCUT2D eigenvalue weighted by molar-refractivity contribution is 7.87. The van der Waals surface area contributed by atoms with Gasteiger partial charge in [0.25, 0.3) is 16.1 Å². The van der Waals surface area contributed by atoms with Crippen molar-refractivity contribution in [3.63, 3.8) is 0 Å². The predicted molar refractivity (Wildman–Crippen MR) is 90.4 cm³/mol. The summed E-state index contributed by atoms with van der Waals surface area (Å²) < 4.78 is 41.6. The van der Waals surface area contributed by atoms with E-state index in [9.17, 15) is 17.6 Å². The van der Waals surface area contributed by atoms with Crippen LogP contribution in [0.4, 0.5) is 4.39 Å². The van der Waals surface area contributed by atoms with Crippen LogP contribution in [0.2, 0.25) is 0 Å². The zero-order chi connectivity index (χ0) is 17.7. The second-order valence-electron chi connectivity index (χ2n) is 6.20. The van der Waals surface area contributed by atoms with Crippen molar-refractivity contribution in [2.75, 3.05) is 26.2 Å². The molecule has 0 saturated carbocycles. The lowest BCUT2D eigenvalue weighted by Crippen LogP contribution is -2.46. The average molecular weight is 357 g/mol. The van der Waals surface area contributed by atoms with Crippen molar-refractivity contribution in [3.05, 3.63) is 35.1 Å². The quantitative estimate of drug-likeness (QED) is 0.756. The Bertz CT molecular complexity index is 686. The average Bonchev–Trinajstić information content (AvgIpc) is 2.54. The third kappa shape index (κ3) is 4.99. The largest absolute Gasteiger partial charge is 0.351 e. The lowest BCUT2D eigenvalue weighted by atomic mass is 10.0. The fourth-order valence-electron chi connectivity index (χ4n) is 2.51. The van der Waals surface area contributed by atoms with Crippen molar-refractivity contribution >= 4 is 16.1 Å². The Labute approximate surface area is 142 Å². The van der Waals surface area contributed by atoms with E-state index in [1.807, 2.05) is 0 Å². The van der Waals surface area contributed by atoms with Crippen molar-refractivity contribution in [1.82, 2.24) is 14.3 Å². The number of nitrogens with zero attached hydrogens (tertiary/aromatic N) is 1. The topological polar surface area (TPSA) is 78.5 Å². The van der Waals surface area contributed by atoms with E-state index in [1.165, 1.54) is 22.5 Å². The second-order valence-corrected chi connectivity index (χ2v) is 7.96. The molecule has 1 aliphatic heterocycles. The Morgan fingerprint density at radius 1 is 1.29 bits per heavy atom. The van der Waals surface area contributed by atoms with Gasteiger partial charge >= 0.3 is 0 Å². The highest BCUT2D eigenvalue weighted by Gasteiger charge is 2.25. The lowest BCUT2D eigenvalue weighted by Gasteiger charge is -2.29.